The van der Waals surface area contributed by atoms with E-state index in [0.29, 0.717) is 5.56 Å². The van der Waals surface area contributed by atoms with E-state index in [1.54, 1.807) is 13.0 Å². The van der Waals surface area contributed by atoms with E-state index in [-0.39, 0.29) is 17.8 Å². The van der Waals surface area contributed by atoms with Gasteiger partial charge in [-0.15, -0.1) is 0 Å². The van der Waals surface area contributed by atoms with E-state index in [0.717, 1.165) is 11.1 Å². The Balaban J connectivity index is 0. The van der Waals surface area contributed by atoms with Crippen molar-refractivity contribution in [2.45, 2.75) is 73.8 Å². The predicted molar refractivity (Wildman–Crippen MR) is 88.4 cm³/mol. The maximum absolute atomic E-state index is 11.3. The minimum absolute atomic E-state index is 0.00458. The van der Waals surface area contributed by atoms with Crippen LogP contribution >= 0.6 is 0 Å². The lowest BCUT2D eigenvalue weighted by molar-refractivity contribution is 0.101. The molecular formula is C18H32O2. The highest BCUT2D eigenvalue weighted by Crippen LogP contribution is 2.24. The molecule has 0 heterocycles. The Bertz CT molecular complexity index is 387. The van der Waals surface area contributed by atoms with Crippen molar-refractivity contribution >= 4 is 5.78 Å². The molecule has 0 aliphatic carbocycles. The Morgan fingerprint density at radius 3 is 1.85 bits per heavy atom. The van der Waals surface area contributed by atoms with Gasteiger partial charge in [-0.3, -0.25) is 4.79 Å². The monoisotopic (exact) mass is 280 g/mol. The molecule has 1 N–H and O–H groups in total. The van der Waals surface area contributed by atoms with Crippen molar-refractivity contribution in [3.63, 3.8) is 0 Å². The molecular weight excluding hydrogens is 248 g/mol. The van der Waals surface area contributed by atoms with Crippen molar-refractivity contribution < 1.29 is 9.90 Å². The van der Waals surface area contributed by atoms with Crippen LogP contribution in [0.25, 0.3) is 0 Å². The Kier molecular flexibility index (Phi) is 11.2. The van der Waals surface area contributed by atoms with Gasteiger partial charge in [-0.05, 0) is 35.6 Å². The second-order valence-corrected chi connectivity index (χ2v) is 5.59. The number of carbonyl (C=O) groups excluding carboxylic acids is 1. The number of benzene rings is 1. The van der Waals surface area contributed by atoms with Gasteiger partial charge in [-0.1, -0.05) is 61.0 Å². The quantitative estimate of drug-likeness (QED) is 0.763. The first-order valence-corrected chi connectivity index (χ1v) is 7.52. The number of hydrogen-bond donors (Lipinski definition) is 1. The van der Waals surface area contributed by atoms with Gasteiger partial charge < -0.3 is 5.11 Å². The summed E-state index contributed by atoms with van der Waals surface area (Å²) in [6.45, 7) is 16.0. The smallest absolute Gasteiger partial charge is 0.159 e. The third-order valence-electron chi connectivity index (χ3n) is 2.45. The van der Waals surface area contributed by atoms with Gasteiger partial charge in [0.1, 0.15) is 0 Å². The van der Waals surface area contributed by atoms with E-state index in [9.17, 15) is 4.79 Å². The minimum Gasteiger partial charge on any atom is -0.392 e. The molecule has 0 aromatic heterocycles. The van der Waals surface area contributed by atoms with Crippen LogP contribution in [0.1, 0.15) is 83.3 Å². The zero-order chi connectivity index (χ0) is 16.3. The molecule has 0 saturated carbocycles. The van der Waals surface area contributed by atoms with Crippen molar-refractivity contribution in [1.29, 1.82) is 0 Å². The maximum atomic E-state index is 11.3. The lowest BCUT2D eigenvalue weighted by atomic mass is 9.84. The molecule has 0 amide bonds. The Hall–Kier alpha value is -1.15. The maximum Gasteiger partial charge on any atom is 0.159 e. The molecule has 1 aromatic rings. The molecule has 0 bridgehead atoms. The van der Waals surface area contributed by atoms with Gasteiger partial charge in [-0.2, -0.15) is 0 Å². The van der Waals surface area contributed by atoms with Crippen molar-refractivity contribution in [3.8, 4) is 0 Å². The molecule has 2 heteroatoms. The number of carbonyl (C=O) groups is 1. The van der Waals surface area contributed by atoms with Crippen molar-refractivity contribution in [1.82, 2.24) is 0 Å². The van der Waals surface area contributed by atoms with Crippen LogP contribution in [0.5, 0.6) is 0 Å². The van der Waals surface area contributed by atoms with Crippen LogP contribution in [0.4, 0.5) is 0 Å². The molecule has 0 spiro atoms. The van der Waals surface area contributed by atoms with Gasteiger partial charge in [0, 0.05) is 5.56 Å². The fourth-order valence-electron chi connectivity index (χ4n) is 1.42. The molecule has 0 unspecified atom stereocenters. The molecule has 0 atom stereocenters. The predicted octanol–water partition coefficient (Wildman–Crippen LogP) is 5.12. The van der Waals surface area contributed by atoms with E-state index < -0.39 is 0 Å². The Morgan fingerprint density at radius 2 is 1.55 bits per heavy atom. The molecule has 116 valence electrons. The Morgan fingerprint density at radius 1 is 1.10 bits per heavy atom. The van der Waals surface area contributed by atoms with Crippen molar-refractivity contribution in [3.05, 3.63) is 34.9 Å². The van der Waals surface area contributed by atoms with Gasteiger partial charge in [0.25, 0.3) is 0 Å². The first-order chi connectivity index (χ1) is 9.26. The molecule has 0 aliphatic rings. The first kappa shape index (κ1) is 21.2. The van der Waals surface area contributed by atoms with E-state index in [4.69, 9.17) is 5.11 Å². The molecule has 0 fully saturated rings. The zero-order valence-electron chi connectivity index (χ0n) is 14.5. The molecule has 0 aliphatic heterocycles. The van der Waals surface area contributed by atoms with Gasteiger partial charge in [0.15, 0.2) is 5.78 Å². The summed E-state index contributed by atoms with van der Waals surface area (Å²) in [7, 11) is 0. The lowest BCUT2D eigenvalue weighted by Gasteiger charge is -2.20. The van der Waals surface area contributed by atoms with Gasteiger partial charge in [0.2, 0.25) is 0 Å². The highest BCUT2D eigenvalue weighted by molar-refractivity contribution is 5.94. The van der Waals surface area contributed by atoms with Gasteiger partial charge in [-0.25, -0.2) is 0 Å². The summed E-state index contributed by atoms with van der Waals surface area (Å²) in [5.41, 5.74) is 2.55. The highest BCUT2D eigenvalue weighted by atomic mass is 16.3. The number of aliphatic hydroxyl groups is 1. The van der Waals surface area contributed by atoms with E-state index in [1.807, 2.05) is 26.0 Å². The van der Waals surface area contributed by atoms with Crippen molar-refractivity contribution in [2.75, 3.05) is 0 Å². The summed E-state index contributed by atoms with van der Waals surface area (Å²) in [5, 5.41) is 9.12. The zero-order valence-corrected chi connectivity index (χ0v) is 14.5. The number of aliphatic hydroxyl groups excluding tert-OH is 1. The van der Waals surface area contributed by atoms with E-state index in [2.05, 4.69) is 34.6 Å². The second kappa shape index (κ2) is 10.6. The third kappa shape index (κ3) is 8.11. The minimum atomic E-state index is -0.0236. The summed E-state index contributed by atoms with van der Waals surface area (Å²) in [5.74, 6) is 0.0378. The normalized spacial score (nSPS) is 9.85. The number of ketones is 1. The number of hydrogen-bond acceptors (Lipinski definition) is 2. The highest BCUT2D eigenvalue weighted by Gasteiger charge is 2.16. The largest absolute Gasteiger partial charge is 0.392 e. The molecule has 1 rings (SSSR count). The second-order valence-electron chi connectivity index (χ2n) is 5.59. The summed E-state index contributed by atoms with van der Waals surface area (Å²) < 4.78 is 0. The summed E-state index contributed by atoms with van der Waals surface area (Å²) in [6.07, 6.45) is 1.25. The molecule has 0 saturated heterocycles. The third-order valence-corrected chi connectivity index (χ3v) is 2.45. The van der Waals surface area contributed by atoms with E-state index >= 15 is 0 Å². The van der Waals surface area contributed by atoms with Crippen LogP contribution in [0.3, 0.4) is 0 Å². The van der Waals surface area contributed by atoms with E-state index in [1.165, 1.54) is 6.42 Å². The topological polar surface area (TPSA) is 37.3 Å². The summed E-state index contributed by atoms with van der Waals surface area (Å²) >= 11 is 0. The van der Waals surface area contributed by atoms with Crippen LogP contribution in [-0.4, -0.2) is 10.9 Å². The van der Waals surface area contributed by atoms with Crippen molar-refractivity contribution in [2.24, 2.45) is 0 Å². The lowest BCUT2D eigenvalue weighted by Crippen LogP contribution is -2.13. The molecule has 0 radical (unpaired) electrons. The Labute approximate surface area is 125 Å². The number of rotatable bonds is 2. The van der Waals surface area contributed by atoms with Crippen LogP contribution in [-0.2, 0) is 12.0 Å². The first-order valence-electron chi connectivity index (χ1n) is 7.52. The SMILES string of the molecule is CC.CC(=O)c1cc(CO)cc(C(C)(C)C)c1.CCC. The average molecular weight is 280 g/mol. The number of Topliss-reactive ketones (excluding diaryl/α,β-unsaturated/α-hetero) is 1. The van der Waals surface area contributed by atoms with Gasteiger partial charge in [0.05, 0.1) is 6.61 Å². The van der Waals surface area contributed by atoms with Crippen LogP contribution in [0.2, 0.25) is 0 Å². The fraction of sp³-hybridized carbons (Fsp3) is 0.611. The summed E-state index contributed by atoms with van der Waals surface area (Å²) in [4.78, 5) is 11.3. The fourth-order valence-corrected chi connectivity index (χ4v) is 1.42. The standard InChI is InChI=1S/C13H18O2.C3H8.C2H6/c1-9(15)11-5-10(8-14)6-12(7-11)13(2,3)4;1-3-2;1-2/h5-7,14H,8H2,1-4H3;3H2,1-2H3;1-2H3. The molecule has 20 heavy (non-hydrogen) atoms. The van der Waals surface area contributed by atoms with Crippen LogP contribution in [0.15, 0.2) is 18.2 Å². The molecule has 1 aromatic carbocycles. The molecule has 2 nitrogen and oxygen atoms in total. The van der Waals surface area contributed by atoms with Gasteiger partial charge >= 0.3 is 0 Å². The summed E-state index contributed by atoms with van der Waals surface area (Å²) in [6, 6.07) is 5.60. The van der Waals surface area contributed by atoms with Crippen LogP contribution < -0.4 is 0 Å². The van der Waals surface area contributed by atoms with Crippen LogP contribution in [0, 0.1) is 0 Å². The average Bonchev–Trinajstić information content (AvgIpc) is 2.40.